The zero-order chi connectivity index (χ0) is 22.3. The molecule has 3 aromatic heterocycles. The highest BCUT2D eigenvalue weighted by molar-refractivity contribution is 6.37. The number of rotatable bonds is 4. The fourth-order valence-electron chi connectivity index (χ4n) is 3.16. The van der Waals surface area contributed by atoms with Crippen LogP contribution >= 0.6 is 11.6 Å². The Morgan fingerprint density at radius 1 is 1.23 bits per heavy atom. The highest BCUT2D eigenvalue weighted by Crippen LogP contribution is 2.32. The number of hydrogen-bond acceptors (Lipinski definition) is 4. The number of anilines is 1. The maximum atomic E-state index is 13.4. The molecular formula is C20H16ClF3N6O. The van der Waals surface area contributed by atoms with Crippen molar-refractivity contribution in [2.45, 2.75) is 26.6 Å². The average Bonchev–Trinajstić information content (AvgIpc) is 3.25. The van der Waals surface area contributed by atoms with Crippen molar-refractivity contribution >= 4 is 28.8 Å². The van der Waals surface area contributed by atoms with Gasteiger partial charge in [0.1, 0.15) is 10.7 Å². The van der Waals surface area contributed by atoms with Crippen molar-refractivity contribution in [1.29, 1.82) is 0 Å². The van der Waals surface area contributed by atoms with Crippen molar-refractivity contribution in [3.63, 3.8) is 0 Å². The van der Waals surface area contributed by atoms with Crippen LogP contribution in [0.2, 0.25) is 5.02 Å². The number of nitrogens with zero attached hydrogens (tertiary/aromatic N) is 5. The Labute approximate surface area is 179 Å². The fourth-order valence-corrected chi connectivity index (χ4v) is 3.41. The molecule has 0 bridgehead atoms. The summed E-state index contributed by atoms with van der Waals surface area (Å²) in [6.07, 6.45) is -1.65. The molecule has 4 rings (SSSR count). The van der Waals surface area contributed by atoms with E-state index in [1.807, 2.05) is 31.2 Å². The zero-order valence-electron chi connectivity index (χ0n) is 16.4. The second-order valence-corrected chi connectivity index (χ2v) is 7.43. The first-order valence-corrected chi connectivity index (χ1v) is 9.52. The van der Waals surface area contributed by atoms with Crippen LogP contribution in [0.3, 0.4) is 0 Å². The van der Waals surface area contributed by atoms with E-state index in [-0.39, 0.29) is 22.1 Å². The molecule has 0 aliphatic heterocycles. The third-order valence-electron chi connectivity index (χ3n) is 4.48. The van der Waals surface area contributed by atoms with Crippen molar-refractivity contribution in [1.82, 2.24) is 24.4 Å². The number of fused-ring (bicyclic) bond motifs is 1. The largest absolute Gasteiger partial charge is 0.433 e. The van der Waals surface area contributed by atoms with Gasteiger partial charge in [-0.2, -0.15) is 23.4 Å². The lowest BCUT2D eigenvalue weighted by molar-refractivity contribution is -0.142. The van der Waals surface area contributed by atoms with E-state index in [2.05, 4.69) is 20.5 Å². The van der Waals surface area contributed by atoms with Crippen molar-refractivity contribution in [3.05, 3.63) is 76.0 Å². The Morgan fingerprint density at radius 2 is 2.00 bits per heavy atom. The fraction of sp³-hybridized carbons (Fsp3) is 0.200. The van der Waals surface area contributed by atoms with Gasteiger partial charge < -0.3 is 5.32 Å². The summed E-state index contributed by atoms with van der Waals surface area (Å²) in [7, 11) is 0. The third kappa shape index (κ3) is 4.24. The maximum absolute atomic E-state index is 13.4. The quantitative estimate of drug-likeness (QED) is 0.498. The third-order valence-corrected chi connectivity index (χ3v) is 4.83. The lowest BCUT2D eigenvalue weighted by Gasteiger charge is -2.09. The molecule has 1 amide bonds. The van der Waals surface area contributed by atoms with Crippen LogP contribution in [0.5, 0.6) is 0 Å². The Hall–Kier alpha value is -3.40. The molecule has 1 N–H and O–H groups in total. The topological polar surface area (TPSA) is 77.1 Å². The van der Waals surface area contributed by atoms with Gasteiger partial charge in [0.05, 0.1) is 18.4 Å². The van der Waals surface area contributed by atoms with Crippen LogP contribution in [0.25, 0.3) is 5.65 Å². The summed E-state index contributed by atoms with van der Waals surface area (Å²) in [5.74, 6) is -0.767. The van der Waals surface area contributed by atoms with Gasteiger partial charge in [0.2, 0.25) is 0 Å². The number of halogens is 4. The van der Waals surface area contributed by atoms with Crippen molar-refractivity contribution in [2.24, 2.45) is 0 Å². The van der Waals surface area contributed by atoms with E-state index in [0.29, 0.717) is 16.7 Å². The molecule has 0 unspecified atom stereocenters. The first-order chi connectivity index (χ1) is 14.6. The molecule has 0 fully saturated rings. The monoisotopic (exact) mass is 448 g/mol. The van der Waals surface area contributed by atoms with Crippen LogP contribution in [0.1, 0.15) is 33.0 Å². The number of benzene rings is 1. The average molecular weight is 449 g/mol. The molecule has 0 aliphatic rings. The first-order valence-electron chi connectivity index (χ1n) is 9.14. The van der Waals surface area contributed by atoms with Crippen LogP contribution in [0.4, 0.5) is 18.9 Å². The van der Waals surface area contributed by atoms with Crippen molar-refractivity contribution in [3.8, 4) is 0 Å². The Balaban J connectivity index is 1.59. The van der Waals surface area contributed by atoms with Crippen molar-refractivity contribution < 1.29 is 18.0 Å². The molecule has 0 saturated carbocycles. The van der Waals surface area contributed by atoms with Gasteiger partial charge in [-0.3, -0.25) is 9.48 Å². The number of aromatic nitrogens is 5. The number of carbonyl (C=O) groups is 1. The summed E-state index contributed by atoms with van der Waals surface area (Å²) in [4.78, 5) is 16.6. The normalized spacial score (nSPS) is 11.8. The van der Waals surface area contributed by atoms with Gasteiger partial charge in [0.25, 0.3) is 5.91 Å². The number of alkyl halides is 3. The van der Waals surface area contributed by atoms with Crippen LogP contribution in [0.15, 0.2) is 42.7 Å². The SMILES string of the molecule is Cc1cccc(Cn2cc(NC(=O)c3nn4c(C(F)(F)F)cc(C)nc4c3Cl)cn2)c1. The predicted molar refractivity (Wildman–Crippen MR) is 108 cm³/mol. The van der Waals surface area contributed by atoms with E-state index in [0.717, 1.165) is 17.2 Å². The minimum atomic E-state index is -4.69. The highest BCUT2D eigenvalue weighted by Gasteiger charge is 2.36. The van der Waals surface area contributed by atoms with Crippen LogP contribution in [-0.4, -0.2) is 30.3 Å². The summed E-state index contributed by atoms with van der Waals surface area (Å²) in [6, 6.07) is 8.73. The van der Waals surface area contributed by atoms with Gasteiger partial charge in [-0.25, -0.2) is 9.50 Å². The Kier molecular flexibility index (Phi) is 5.18. The number of nitrogens with one attached hydrogen (secondary N) is 1. The lowest BCUT2D eigenvalue weighted by Crippen LogP contribution is -2.15. The minimum Gasteiger partial charge on any atom is -0.318 e. The van der Waals surface area contributed by atoms with Crippen LogP contribution in [0, 0.1) is 13.8 Å². The number of aryl methyl sites for hydroxylation is 2. The van der Waals surface area contributed by atoms with E-state index in [1.54, 1.807) is 10.9 Å². The maximum Gasteiger partial charge on any atom is 0.433 e. The molecule has 3 heterocycles. The van der Waals surface area contributed by atoms with Gasteiger partial charge in [0, 0.05) is 11.9 Å². The summed E-state index contributed by atoms with van der Waals surface area (Å²) in [6.45, 7) is 3.88. The number of carbonyl (C=O) groups excluding carboxylic acids is 1. The van der Waals surface area contributed by atoms with Gasteiger partial charge in [-0.1, -0.05) is 41.4 Å². The molecule has 0 aliphatic carbocycles. The van der Waals surface area contributed by atoms with Gasteiger partial charge in [-0.15, -0.1) is 0 Å². The Bertz CT molecular complexity index is 1290. The summed E-state index contributed by atoms with van der Waals surface area (Å²) >= 11 is 6.14. The van der Waals surface area contributed by atoms with E-state index < -0.39 is 17.8 Å². The number of amides is 1. The van der Waals surface area contributed by atoms with Crippen molar-refractivity contribution in [2.75, 3.05) is 5.32 Å². The lowest BCUT2D eigenvalue weighted by atomic mass is 10.1. The molecular weight excluding hydrogens is 433 g/mol. The Morgan fingerprint density at radius 3 is 2.71 bits per heavy atom. The van der Waals surface area contributed by atoms with E-state index in [4.69, 9.17) is 11.6 Å². The molecule has 1 aromatic carbocycles. The summed E-state index contributed by atoms with van der Waals surface area (Å²) < 4.78 is 42.2. The molecule has 0 saturated heterocycles. The van der Waals surface area contributed by atoms with Gasteiger partial charge in [0.15, 0.2) is 11.3 Å². The summed E-state index contributed by atoms with van der Waals surface area (Å²) in [5, 5.41) is 10.3. The minimum absolute atomic E-state index is 0.103. The molecule has 160 valence electrons. The molecule has 7 nitrogen and oxygen atoms in total. The van der Waals surface area contributed by atoms with Crippen LogP contribution < -0.4 is 5.32 Å². The standard InChI is InChI=1S/C20H16ClF3N6O/c1-11-4-3-5-13(6-11)9-29-10-14(8-25-29)27-19(31)17-16(21)18-26-12(2)7-15(20(22,23)24)30(18)28-17/h3-8,10H,9H2,1-2H3,(H,27,31). The summed E-state index contributed by atoms with van der Waals surface area (Å²) in [5.41, 5.74) is 0.928. The molecule has 0 spiro atoms. The molecule has 0 atom stereocenters. The smallest absolute Gasteiger partial charge is 0.318 e. The predicted octanol–water partition coefficient (Wildman–Crippen LogP) is 4.52. The second-order valence-electron chi connectivity index (χ2n) is 7.05. The molecule has 0 radical (unpaired) electrons. The van der Waals surface area contributed by atoms with E-state index >= 15 is 0 Å². The molecule has 31 heavy (non-hydrogen) atoms. The van der Waals surface area contributed by atoms with Gasteiger partial charge in [-0.05, 0) is 25.5 Å². The van der Waals surface area contributed by atoms with Crippen LogP contribution in [-0.2, 0) is 12.7 Å². The second kappa shape index (κ2) is 7.69. The van der Waals surface area contributed by atoms with E-state index in [1.165, 1.54) is 13.1 Å². The van der Waals surface area contributed by atoms with Gasteiger partial charge >= 0.3 is 6.18 Å². The number of hydrogen-bond donors (Lipinski definition) is 1. The first kappa shape index (κ1) is 20.9. The molecule has 11 heteroatoms. The molecule has 4 aromatic rings. The van der Waals surface area contributed by atoms with E-state index in [9.17, 15) is 18.0 Å². The highest BCUT2D eigenvalue weighted by atomic mass is 35.5. The zero-order valence-corrected chi connectivity index (χ0v) is 17.2.